The number of ether oxygens (including phenoxy) is 9. The Kier molecular flexibility index (Phi) is 14.4. The van der Waals surface area contributed by atoms with E-state index >= 15 is 0 Å². The molecule has 3 unspecified atom stereocenters. The van der Waals surface area contributed by atoms with Gasteiger partial charge in [-0.25, -0.2) is 0 Å². The predicted molar refractivity (Wildman–Crippen MR) is 146 cm³/mol. The van der Waals surface area contributed by atoms with Crippen LogP contribution in [0.1, 0.15) is 19.3 Å². The Bertz CT molecular complexity index is 668. The van der Waals surface area contributed by atoms with Gasteiger partial charge in [-0.15, -0.1) is 0 Å². The van der Waals surface area contributed by atoms with E-state index in [9.17, 15) is 0 Å². The van der Waals surface area contributed by atoms with E-state index in [2.05, 4.69) is 5.53 Å². The molecular weight excluding hydrogens is 523 g/mol. The van der Waals surface area contributed by atoms with Crippen LogP contribution in [0.4, 0.5) is 0 Å². The van der Waals surface area contributed by atoms with E-state index in [0.717, 1.165) is 5.57 Å². The summed E-state index contributed by atoms with van der Waals surface area (Å²) in [6, 6.07) is 0. The highest BCUT2D eigenvalue weighted by molar-refractivity contribution is 6.13. The second kappa shape index (κ2) is 15.4. The maximum absolute atomic E-state index is 5.95. The molecule has 0 bridgehead atoms. The van der Waals surface area contributed by atoms with Gasteiger partial charge in [-0.2, -0.15) is 10.5 Å². The van der Waals surface area contributed by atoms with Crippen LogP contribution in [0, 0.1) is 0 Å². The average molecular weight is 572 g/mol. The highest BCUT2D eigenvalue weighted by Gasteiger charge is 2.39. The van der Waals surface area contributed by atoms with Crippen molar-refractivity contribution in [3.05, 3.63) is 11.8 Å². The summed E-state index contributed by atoms with van der Waals surface area (Å²) in [6.45, 7) is 0.515. The number of nitrogens with one attached hydrogen (secondary N) is 1. The van der Waals surface area contributed by atoms with Crippen molar-refractivity contribution in [1.29, 1.82) is 0 Å². The molecule has 0 saturated heterocycles. The third kappa shape index (κ3) is 9.19. The van der Waals surface area contributed by atoms with E-state index < -0.39 is 22.5 Å². The van der Waals surface area contributed by atoms with Gasteiger partial charge in [0.15, 0.2) is 0 Å². The molecule has 0 aliphatic carbocycles. The molecule has 36 heavy (non-hydrogen) atoms. The maximum Gasteiger partial charge on any atom is 0.149 e. The average Bonchev–Trinajstić information content (AvgIpc) is 2.92. The fourth-order valence-corrected chi connectivity index (χ4v) is 4.90. The highest BCUT2D eigenvalue weighted by Crippen LogP contribution is 2.28. The summed E-state index contributed by atoms with van der Waals surface area (Å²) in [6.07, 6.45) is 2.45. The molecule has 3 atom stereocenters. The summed E-state index contributed by atoms with van der Waals surface area (Å²) in [4.78, 5) is 0. The van der Waals surface area contributed by atoms with Crippen LogP contribution in [0.15, 0.2) is 11.8 Å². The molecule has 214 valence electrons. The summed E-state index contributed by atoms with van der Waals surface area (Å²) in [5.41, 5.74) is 2.33. The summed E-state index contributed by atoms with van der Waals surface area (Å²) in [5.74, 6) is 0. The normalized spacial score (nSPS) is 19.0. The Morgan fingerprint density at radius 2 is 1.11 bits per heavy atom. The number of hydrogen-bond acceptors (Lipinski definition) is 12. The molecule has 0 aromatic heterocycles. The standard InChI is InChI=1S/C21H49N3O9Si3/c1-25-16(10-19(34,28-4)29-5)15-13-23(17(26-2)11-20(35,30-6)31-7)22-24(14-15)18(27-3)12-21(36,32-8)33-9/h13,16-18,22H,10-12,14H2,1-9,34-36H3. The SMILES string of the molecule is COC(CC([SiH3])(OC)OC)C1=CN(C(CC([SiH3])(OC)OC)OC)NN(C(CC([SiH3])(OC)OC)OC)C1. The molecule has 0 aromatic rings. The van der Waals surface area contributed by atoms with Crippen molar-refractivity contribution >= 4 is 30.7 Å². The zero-order valence-corrected chi connectivity index (χ0v) is 30.2. The minimum atomic E-state index is -0.716. The monoisotopic (exact) mass is 571 g/mol. The molecule has 0 amide bonds. The van der Waals surface area contributed by atoms with E-state index in [4.69, 9.17) is 42.6 Å². The zero-order valence-electron chi connectivity index (χ0n) is 24.2. The predicted octanol–water partition coefficient (Wildman–Crippen LogP) is -3.03. The molecule has 0 radical (unpaired) electrons. The smallest absolute Gasteiger partial charge is 0.149 e. The van der Waals surface area contributed by atoms with Crippen LogP contribution >= 0.6 is 0 Å². The maximum atomic E-state index is 5.95. The summed E-state index contributed by atoms with van der Waals surface area (Å²) in [5, 5.41) is 3.88. The summed E-state index contributed by atoms with van der Waals surface area (Å²) < 4.78 is 51.7. The molecule has 1 N–H and O–H groups in total. The highest BCUT2D eigenvalue weighted by atomic mass is 28.2. The van der Waals surface area contributed by atoms with Crippen molar-refractivity contribution in [2.75, 3.05) is 70.5 Å². The zero-order chi connectivity index (χ0) is 27.6. The third-order valence-electron chi connectivity index (χ3n) is 7.04. The molecule has 0 saturated carbocycles. The molecule has 1 heterocycles. The van der Waals surface area contributed by atoms with Crippen LogP contribution in [-0.2, 0) is 42.6 Å². The van der Waals surface area contributed by atoms with Gasteiger partial charge in [0.1, 0.15) is 28.7 Å². The van der Waals surface area contributed by atoms with Crippen LogP contribution in [-0.4, -0.2) is 146 Å². The van der Waals surface area contributed by atoms with Crippen LogP contribution in [0.2, 0.25) is 0 Å². The molecule has 0 aromatic carbocycles. The Hall–Kier alpha value is -0.249. The van der Waals surface area contributed by atoms with Crippen molar-refractivity contribution in [1.82, 2.24) is 15.6 Å². The Labute approximate surface area is 225 Å². The van der Waals surface area contributed by atoms with Gasteiger partial charge in [-0.05, 0) is 5.57 Å². The van der Waals surface area contributed by atoms with Gasteiger partial charge in [0.2, 0.25) is 0 Å². The lowest BCUT2D eigenvalue weighted by Gasteiger charge is -2.46. The number of hydrazine groups is 2. The van der Waals surface area contributed by atoms with Gasteiger partial charge >= 0.3 is 0 Å². The fourth-order valence-electron chi connectivity index (χ4n) is 3.83. The lowest BCUT2D eigenvalue weighted by atomic mass is 10.1. The van der Waals surface area contributed by atoms with Gasteiger partial charge < -0.3 is 42.6 Å². The number of hydrogen-bond donors (Lipinski definition) is 1. The molecule has 12 nitrogen and oxygen atoms in total. The lowest BCUT2D eigenvalue weighted by molar-refractivity contribution is -0.218. The Morgan fingerprint density at radius 3 is 1.50 bits per heavy atom. The molecular formula is C21H49N3O9Si3. The van der Waals surface area contributed by atoms with Crippen LogP contribution < -0.4 is 5.53 Å². The summed E-state index contributed by atoms with van der Waals surface area (Å²) in [7, 11) is 16.9. The summed E-state index contributed by atoms with van der Waals surface area (Å²) >= 11 is 0. The second-order valence-electron chi connectivity index (χ2n) is 9.18. The number of nitrogens with zero attached hydrogens (tertiary/aromatic N) is 2. The Morgan fingerprint density at radius 1 is 0.694 bits per heavy atom. The van der Waals surface area contributed by atoms with Crippen molar-refractivity contribution in [3.8, 4) is 0 Å². The molecule has 1 aliphatic heterocycles. The largest absolute Gasteiger partial charge is 0.377 e. The topological polar surface area (TPSA) is 102 Å². The van der Waals surface area contributed by atoms with E-state index in [0.29, 0.717) is 56.5 Å². The minimum Gasteiger partial charge on any atom is -0.377 e. The Balaban J connectivity index is 3.41. The molecule has 0 fully saturated rings. The quantitative estimate of drug-likeness (QED) is 0.134. The van der Waals surface area contributed by atoms with Crippen molar-refractivity contribution < 1.29 is 42.6 Å². The number of rotatable bonds is 18. The third-order valence-corrected chi connectivity index (χ3v) is 10.7. The van der Waals surface area contributed by atoms with Gasteiger partial charge in [-0.3, -0.25) is 5.01 Å². The minimum absolute atomic E-state index is 0.277. The van der Waals surface area contributed by atoms with E-state index in [1.807, 2.05) is 16.2 Å². The molecule has 1 aliphatic rings. The van der Waals surface area contributed by atoms with Gasteiger partial charge in [-0.1, -0.05) is 0 Å². The first-order valence-electron chi connectivity index (χ1n) is 11.9. The lowest BCUT2D eigenvalue weighted by Crippen LogP contribution is -2.62. The molecule has 1 rings (SSSR count). The van der Waals surface area contributed by atoms with Crippen molar-refractivity contribution in [2.24, 2.45) is 0 Å². The van der Waals surface area contributed by atoms with Gasteiger partial charge in [0.05, 0.1) is 36.8 Å². The van der Waals surface area contributed by atoms with Crippen molar-refractivity contribution in [2.45, 2.75) is 54.1 Å². The van der Waals surface area contributed by atoms with E-state index in [1.165, 1.54) is 0 Å². The first-order valence-corrected chi connectivity index (χ1v) is 14.9. The number of methoxy groups -OCH3 is 9. The fraction of sp³-hybridized carbons (Fsp3) is 0.905. The van der Waals surface area contributed by atoms with E-state index in [-0.39, 0.29) is 12.3 Å². The first-order chi connectivity index (χ1) is 16.9. The second-order valence-corrected chi connectivity index (χ2v) is 13.8. The van der Waals surface area contributed by atoms with Crippen molar-refractivity contribution in [3.63, 3.8) is 0 Å². The van der Waals surface area contributed by atoms with Gasteiger partial charge in [0, 0.05) is 96.0 Å². The van der Waals surface area contributed by atoms with Crippen LogP contribution in [0.25, 0.3) is 0 Å². The molecule has 0 spiro atoms. The first kappa shape index (κ1) is 33.8. The molecule has 15 heteroatoms. The van der Waals surface area contributed by atoms with Crippen LogP contribution in [0.5, 0.6) is 0 Å². The van der Waals surface area contributed by atoms with E-state index in [1.54, 1.807) is 64.0 Å². The van der Waals surface area contributed by atoms with Gasteiger partial charge in [0.25, 0.3) is 0 Å². The van der Waals surface area contributed by atoms with Crippen LogP contribution in [0.3, 0.4) is 0 Å².